The van der Waals surface area contributed by atoms with Crippen molar-refractivity contribution in [2.24, 2.45) is 0 Å². The fraction of sp³-hybridized carbons (Fsp3) is 0.256. The molecule has 0 atom stereocenters. The van der Waals surface area contributed by atoms with Crippen LogP contribution in [0.25, 0.3) is 0 Å². The molecule has 7 rings (SSSR count). The van der Waals surface area contributed by atoms with Gasteiger partial charge in [-0.25, -0.2) is 0 Å². The normalized spacial score (nSPS) is 13.7. The van der Waals surface area contributed by atoms with Crippen molar-refractivity contribution in [3.05, 3.63) is 139 Å². The number of likely N-dealkylation sites (N-methyl/N-ethyl adjacent to an activating group) is 2. The molecule has 55 heavy (non-hydrogen) atoms. The van der Waals surface area contributed by atoms with Crippen molar-refractivity contribution in [3.8, 4) is 17.2 Å². The number of rotatable bonds is 9. The van der Waals surface area contributed by atoms with Crippen LogP contribution in [0.15, 0.2) is 91.0 Å². The van der Waals surface area contributed by atoms with Crippen LogP contribution in [0.2, 0.25) is 5.02 Å². The minimum Gasteiger partial charge on any atom is -0.496 e. The fourth-order valence-corrected chi connectivity index (χ4v) is 7.44. The number of hydrogen-bond donors (Lipinski definition) is 3. The lowest BCUT2D eigenvalue weighted by Crippen LogP contribution is -2.27. The van der Waals surface area contributed by atoms with Crippen molar-refractivity contribution in [3.63, 3.8) is 0 Å². The van der Waals surface area contributed by atoms with E-state index >= 15 is 0 Å². The average Bonchev–Trinajstić information content (AvgIpc) is 3.18. The Labute approximate surface area is 341 Å². The van der Waals surface area contributed by atoms with Gasteiger partial charge in [-0.15, -0.1) is 0 Å². The molecule has 0 bridgehead atoms. The number of nitrogens with two attached hydrogens (primary N) is 1. The number of nitrogen functional groups attached to an aromatic ring is 1. The van der Waals surface area contributed by atoms with E-state index < -0.39 is 0 Å². The van der Waals surface area contributed by atoms with Gasteiger partial charge in [0.05, 0.1) is 30.4 Å². The number of anilines is 3. The first kappa shape index (κ1) is 39.9. The Morgan fingerprint density at radius 1 is 0.727 bits per heavy atom. The van der Waals surface area contributed by atoms with Gasteiger partial charge in [0, 0.05) is 58.9 Å². The molecule has 10 nitrogen and oxygen atoms in total. The topological polar surface area (TPSA) is 118 Å². The lowest BCUT2D eigenvalue weighted by atomic mass is 9.98. The average molecular weight is 874 g/mol. The monoisotopic (exact) mass is 873 g/mol. The van der Waals surface area contributed by atoms with Crippen molar-refractivity contribution in [2.75, 3.05) is 57.8 Å². The molecule has 0 fully saturated rings. The standard InChI is InChI=1S/C25H25ClN2O3.C18H20IN3O2/c1-28-12-11-19-18(15-28)9-6-10-22(19)27-25(29)20-13-21(26)24(14-23(20)30-2)31-16-17-7-4-3-5-8-17;1-22-7-6-12-11(10-22)4-3-5-16(12)21-18(23)13-8-14(19)15(20)9-17(13)24-2/h3-10,13-14H,11-12,15-16H2,1-2H3,(H,27,29);3-5,8-9H,6-7,10,20H2,1-2H3,(H,21,23). The molecule has 12 heteroatoms. The first-order valence-electron chi connectivity index (χ1n) is 17.9. The molecule has 0 radical (unpaired) electrons. The molecule has 0 aromatic heterocycles. The summed E-state index contributed by atoms with van der Waals surface area (Å²) in [5, 5.41) is 6.44. The van der Waals surface area contributed by atoms with E-state index in [2.05, 4.69) is 69.3 Å². The van der Waals surface area contributed by atoms with Gasteiger partial charge in [-0.05, 0) is 102 Å². The Hall–Kier alpha value is -4.82. The van der Waals surface area contributed by atoms with Crippen LogP contribution in [0.3, 0.4) is 0 Å². The number of ether oxygens (including phenoxy) is 3. The Kier molecular flexibility index (Phi) is 13.2. The Morgan fingerprint density at radius 3 is 1.80 bits per heavy atom. The summed E-state index contributed by atoms with van der Waals surface area (Å²) >= 11 is 8.55. The van der Waals surface area contributed by atoms with Crippen LogP contribution in [0.5, 0.6) is 17.2 Å². The highest BCUT2D eigenvalue weighted by Crippen LogP contribution is 2.35. The molecule has 5 aromatic carbocycles. The van der Waals surface area contributed by atoms with Crippen LogP contribution >= 0.6 is 34.2 Å². The van der Waals surface area contributed by atoms with Gasteiger partial charge in [-0.3, -0.25) is 9.59 Å². The van der Waals surface area contributed by atoms with Gasteiger partial charge >= 0.3 is 0 Å². The smallest absolute Gasteiger partial charge is 0.259 e. The van der Waals surface area contributed by atoms with Crippen molar-refractivity contribution in [2.45, 2.75) is 32.5 Å². The third kappa shape index (κ3) is 9.71. The predicted octanol–water partition coefficient (Wildman–Crippen LogP) is 8.29. The van der Waals surface area contributed by atoms with Gasteiger partial charge < -0.3 is 40.4 Å². The number of hydrogen-bond acceptors (Lipinski definition) is 8. The van der Waals surface area contributed by atoms with Crippen molar-refractivity contribution < 1.29 is 23.8 Å². The van der Waals surface area contributed by atoms with Gasteiger partial charge in [0.2, 0.25) is 0 Å². The maximum absolute atomic E-state index is 13.1. The SMILES string of the molecule is COc1cc(N)c(I)cc1C(=O)Nc1cccc2c1CCN(C)C2.COc1cc(OCc2ccccc2)c(Cl)cc1C(=O)Nc1cccc2c1CCN(C)C2. The second-order valence-corrected chi connectivity index (χ2v) is 15.2. The van der Waals surface area contributed by atoms with Gasteiger partial charge in [0.25, 0.3) is 11.8 Å². The van der Waals surface area contributed by atoms with Crippen LogP contribution < -0.4 is 30.6 Å². The number of nitrogens with zero attached hydrogens (tertiary/aromatic N) is 2. The minimum absolute atomic E-state index is 0.183. The van der Waals surface area contributed by atoms with Crippen molar-refractivity contribution >= 4 is 63.1 Å². The number of methoxy groups -OCH3 is 2. The maximum Gasteiger partial charge on any atom is 0.259 e. The first-order chi connectivity index (χ1) is 26.5. The minimum atomic E-state index is -0.263. The lowest BCUT2D eigenvalue weighted by molar-refractivity contribution is 0.101. The molecule has 0 saturated carbocycles. The summed E-state index contributed by atoms with van der Waals surface area (Å²) in [6.45, 7) is 4.11. The molecule has 2 aliphatic rings. The third-order valence-corrected chi connectivity index (χ3v) is 10.9. The first-order valence-corrected chi connectivity index (χ1v) is 19.4. The van der Waals surface area contributed by atoms with E-state index in [0.29, 0.717) is 45.7 Å². The van der Waals surface area contributed by atoms with E-state index in [4.69, 9.17) is 31.5 Å². The summed E-state index contributed by atoms with van der Waals surface area (Å²) in [6, 6.07) is 28.6. The van der Waals surface area contributed by atoms with Crippen LogP contribution in [-0.4, -0.2) is 63.0 Å². The Bertz CT molecular complexity index is 2180. The predicted molar refractivity (Wildman–Crippen MR) is 228 cm³/mol. The van der Waals surface area contributed by atoms with Gasteiger partial charge in [0.1, 0.15) is 23.9 Å². The molecular formula is C43H45ClIN5O5. The third-order valence-electron chi connectivity index (χ3n) is 9.71. The summed E-state index contributed by atoms with van der Waals surface area (Å²) in [6.07, 6.45) is 1.82. The van der Waals surface area contributed by atoms with Crippen LogP contribution in [0.4, 0.5) is 17.1 Å². The molecule has 2 heterocycles. The van der Waals surface area contributed by atoms with Crippen LogP contribution in [0.1, 0.15) is 48.5 Å². The molecule has 4 N–H and O–H groups in total. The van der Waals surface area contributed by atoms with E-state index in [-0.39, 0.29) is 11.8 Å². The number of fused-ring (bicyclic) bond motifs is 2. The van der Waals surface area contributed by atoms with E-state index in [1.165, 1.54) is 29.4 Å². The molecule has 2 aliphatic heterocycles. The molecule has 0 aliphatic carbocycles. The molecule has 0 saturated heterocycles. The summed E-state index contributed by atoms with van der Waals surface area (Å²) in [5.74, 6) is 0.918. The van der Waals surface area contributed by atoms with Gasteiger partial charge in [0.15, 0.2) is 0 Å². The zero-order valence-electron chi connectivity index (χ0n) is 31.4. The number of benzene rings is 5. The quantitative estimate of drug-likeness (QED) is 0.100. The Morgan fingerprint density at radius 2 is 1.25 bits per heavy atom. The number of carbonyl (C=O) groups excluding carboxylic acids is 2. The van der Waals surface area contributed by atoms with Crippen LogP contribution in [-0.2, 0) is 32.5 Å². The zero-order valence-corrected chi connectivity index (χ0v) is 34.3. The van der Waals surface area contributed by atoms with Crippen molar-refractivity contribution in [1.29, 1.82) is 0 Å². The van der Waals surface area contributed by atoms with Gasteiger partial charge in [-0.1, -0.05) is 66.2 Å². The molecule has 0 unspecified atom stereocenters. The second kappa shape index (κ2) is 18.2. The number of halogens is 2. The van der Waals surface area contributed by atoms with E-state index in [1.807, 2.05) is 54.6 Å². The maximum atomic E-state index is 13.1. The molecule has 5 aromatic rings. The molecule has 2 amide bonds. The molecule has 286 valence electrons. The highest BCUT2D eigenvalue weighted by molar-refractivity contribution is 14.1. The van der Waals surface area contributed by atoms with E-state index in [9.17, 15) is 9.59 Å². The summed E-state index contributed by atoms with van der Waals surface area (Å²) in [7, 11) is 7.28. The summed E-state index contributed by atoms with van der Waals surface area (Å²) in [4.78, 5) is 30.4. The highest BCUT2D eigenvalue weighted by Gasteiger charge is 2.22. The molecular weight excluding hydrogens is 829 g/mol. The Balaban J connectivity index is 0.000000193. The largest absolute Gasteiger partial charge is 0.496 e. The van der Waals surface area contributed by atoms with Gasteiger partial charge in [-0.2, -0.15) is 0 Å². The number of nitrogens with one attached hydrogen (secondary N) is 2. The van der Waals surface area contributed by atoms with Crippen LogP contribution in [0, 0.1) is 3.57 Å². The van der Waals surface area contributed by atoms with E-state index in [0.717, 1.165) is 59.5 Å². The van der Waals surface area contributed by atoms with E-state index in [1.54, 1.807) is 31.4 Å². The highest BCUT2D eigenvalue weighted by atomic mass is 127. The zero-order chi connectivity index (χ0) is 39.1. The molecule has 0 spiro atoms. The summed E-state index contributed by atoms with van der Waals surface area (Å²) < 4.78 is 17.5. The van der Waals surface area contributed by atoms with Crippen molar-refractivity contribution in [1.82, 2.24) is 9.80 Å². The lowest BCUT2D eigenvalue weighted by Gasteiger charge is -2.26. The fourth-order valence-electron chi connectivity index (χ4n) is 6.76. The number of carbonyl (C=O) groups is 2. The summed E-state index contributed by atoms with van der Waals surface area (Å²) in [5.41, 5.74) is 15.0. The second-order valence-electron chi connectivity index (χ2n) is 13.6. The number of amides is 2.